The first-order valence-electron chi connectivity index (χ1n) is 7.30. The summed E-state index contributed by atoms with van der Waals surface area (Å²) in [6, 6.07) is 10.3. The van der Waals surface area contributed by atoms with Crippen molar-refractivity contribution >= 4 is 35.0 Å². The topological polar surface area (TPSA) is 38.3 Å². The van der Waals surface area contributed by atoms with E-state index in [4.69, 9.17) is 16.3 Å². The molecule has 0 bridgehead atoms. The lowest BCUT2D eigenvalue weighted by molar-refractivity contribution is -0.115. The van der Waals surface area contributed by atoms with Gasteiger partial charge in [0.05, 0.1) is 28.6 Å². The molecular weight excluding hydrogens is 356 g/mol. The molecule has 1 aliphatic rings. The van der Waals surface area contributed by atoms with Crippen molar-refractivity contribution in [1.82, 2.24) is 0 Å². The monoisotopic (exact) mass is 369 g/mol. The summed E-state index contributed by atoms with van der Waals surface area (Å²) in [5, 5.41) is 2.85. The predicted octanol–water partition coefficient (Wildman–Crippen LogP) is 4.77. The highest BCUT2D eigenvalue weighted by Gasteiger charge is 2.17. The summed E-state index contributed by atoms with van der Waals surface area (Å²) in [4.78, 5) is 12.4. The van der Waals surface area contributed by atoms with Crippen LogP contribution in [0.3, 0.4) is 0 Å². The highest BCUT2D eigenvalue weighted by atomic mass is 35.5. The van der Waals surface area contributed by atoms with E-state index in [-0.39, 0.29) is 22.2 Å². The van der Waals surface area contributed by atoms with Gasteiger partial charge in [-0.05, 0) is 29.3 Å². The third-order valence-electron chi connectivity index (χ3n) is 3.57. The number of anilines is 1. The standard InChI is InChI=1S/C17H14ClF2NO2S/c18-12-2-1-3-13(16(12)24-17(19)20)21-15(22)9-10-4-5-14-11(8-10)6-7-23-14/h1-5,8,17H,6-7,9H2,(H,21,22). The molecule has 1 aliphatic heterocycles. The van der Waals surface area contributed by atoms with Crippen LogP contribution in [-0.4, -0.2) is 18.3 Å². The second-order valence-electron chi connectivity index (χ2n) is 5.26. The van der Waals surface area contributed by atoms with Gasteiger partial charge in [-0.2, -0.15) is 8.78 Å². The highest BCUT2D eigenvalue weighted by Crippen LogP contribution is 2.37. The van der Waals surface area contributed by atoms with Gasteiger partial charge in [0.1, 0.15) is 5.75 Å². The molecule has 0 radical (unpaired) electrons. The van der Waals surface area contributed by atoms with Crippen LogP contribution in [-0.2, 0) is 17.6 Å². The van der Waals surface area contributed by atoms with Gasteiger partial charge in [-0.1, -0.05) is 41.6 Å². The van der Waals surface area contributed by atoms with E-state index in [1.165, 1.54) is 6.07 Å². The van der Waals surface area contributed by atoms with Crippen LogP contribution in [0, 0.1) is 0 Å². The molecule has 0 unspecified atom stereocenters. The summed E-state index contributed by atoms with van der Waals surface area (Å²) < 4.78 is 30.8. The number of hydrogen-bond donors (Lipinski definition) is 1. The number of ether oxygens (including phenoxy) is 1. The van der Waals surface area contributed by atoms with Crippen LogP contribution in [0.5, 0.6) is 5.75 Å². The van der Waals surface area contributed by atoms with Crippen LogP contribution in [0.25, 0.3) is 0 Å². The summed E-state index contributed by atoms with van der Waals surface area (Å²) in [7, 11) is 0. The number of thioether (sulfide) groups is 1. The van der Waals surface area contributed by atoms with Crippen molar-refractivity contribution in [3.63, 3.8) is 0 Å². The molecule has 7 heteroatoms. The van der Waals surface area contributed by atoms with E-state index in [1.54, 1.807) is 12.1 Å². The Morgan fingerprint density at radius 3 is 2.96 bits per heavy atom. The Morgan fingerprint density at radius 2 is 2.17 bits per heavy atom. The second-order valence-corrected chi connectivity index (χ2v) is 6.67. The Balaban J connectivity index is 1.72. The minimum absolute atomic E-state index is 0.151. The van der Waals surface area contributed by atoms with Crippen molar-refractivity contribution < 1.29 is 18.3 Å². The molecule has 0 spiro atoms. The van der Waals surface area contributed by atoms with Crippen LogP contribution in [0.4, 0.5) is 14.5 Å². The summed E-state index contributed by atoms with van der Waals surface area (Å²) >= 11 is 6.28. The molecule has 2 aromatic carbocycles. The van der Waals surface area contributed by atoms with Crippen molar-refractivity contribution in [2.24, 2.45) is 0 Å². The zero-order valence-corrected chi connectivity index (χ0v) is 14.1. The molecule has 0 atom stereocenters. The van der Waals surface area contributed by atoms with Crippen molar-refractivity contribution in [3.8, 4) is 5.75 Å². The second kappa shape index (κ2) is 7.40. The molecule has 0 aliphatic carbocycles. The Kier molecular flexibility index (Phi) is 5.26. The number of carbonyl (C=O) groups excluding carboxylic acids is 1. The fourth-order valence-electron chi connectivity index (χ4n) is 2.55. The summed E-state index contributed by atoms with van der Waals surface area (Å²) in [5.74, 6) is -2.05. The first kappa shape index (κ1) is 17.0. The van der Waals surface area contributed by atoms with Gasteiger partial charge in [0.25, 0.3) is 5.76 Å². The minimum Gasteiger partial charge on any atom is -0.493 e. The lowest BCUT2D eigenvalue weighted by Gasteiger charge is -2.12. The molecular formula is C17H14ClF2NO2S. The number of hydrogen-bond acceptors (Lipinski definition) is 3. The normalized spacial score (nSPS) is 12.8. The van der Waals surface area contributed by atoms with Crippen LogP contribution in [0.1, 0.15) is 11.1 Å². The molecule has 126 valence electrons. The Labute approximate surface area is 147 Å². The molecule has 3 rings (SSSR count). The van der Waals surface area contributed by atoms with Crippen molar-refractivity contribution in [3.05, 3.63) is 52.5 Å². The molecule has 0 fully saturated rings. The SMILES string of the molecule is O=C(Cc1ccc2c(c1)CCO2)Nc1cccc(Cl)c1SC(F)F. The fourth-order valence-corrected chi connectivity index (χ4v) is 3.46. The van der Waals surface area contributed by atoms with Gasteiger partial charge in [0.2, 0.25) is 5.91 Å². The number of rotatable bonds is 5. The molecule has 1 N–H and O–H groups in total. The van der Waals surface area contributed by atoms with E-state index >= 15 is 0 Å². The number of halogens is 3. The van der Waals surface area contributed by atoms with Crippen LogP contribution < -0.4 is 10.1 Å². The van der Waals surface area contributed by atoms with E-state index in [2.05, 4.69) is 5.32 Å². The van der Waals surface area contributed by atoms with E-state index in [9.17, 15) is 13.6 Å². The first-order chi connectivity index (χ1) is 11.5. The Bertz CT molecular complexity index is 770. The molecule has 1 amide bonds. The smallest absolute Gasteiger partial charge is 0.289 e. The van der Waals surface area contributed by atoms with Gasteiger partial charge >= 0.3 is 0 Å². The third-order valence-corrected chi connectivity index (χ3v) is 4.85. The molecule has 0 saturated carbocycles. The predicted molar refractivity (Wildman–Crippen MR) is 91.3 cm³/mol. The lowest BCUT2D eigenvalue weighted by Crippen LogP contribution is -2.15. The summed E-state index contributed by atoms with van der Waals surface area (Å²) in [6.45, 7) is 0.654. The van der Waals surface area contributed by atoms with Crippen molar-refractivity contribution in [1.29, 1.82) is 0 Å². The average Bonchev–Trinajstić information content (AvgIpc) is 2.98. The van der Waals surface area contributed by atoms with Gasteiger partial charge < -0.3 is 10.1 Å². The molecule has 24 heavy (non-hydrogen) atoms. The zero-order chi connectivity index (χ0) is 17.1. The molecule has 0 saturated heterocycles. The number of nitrogens with one attached hydrogen (secondary N) is 1. The number of carbonyl (C=O) groups is 1. The Morgan fingerprint density at radius 1 is 1.33 bits per heavy atom. The van der Waals surface area contributed by atoms with Crippen LogP contribution in [0.2, 0.25) is 5.02 Å². The quantitative estimate of drug-likeness (QED) is 0.771. The largest absolute Gasteiger partial charge is 0.493 e. The highest BCUT2D eigenvalue weighted by molar-refractivity contribution is 7.99. The van der Waals surface area contributed by atoms with Gasteiger partial charge in [0.15, 0.2) is 0 Å². The summed E-state index contributed by atoms with van der Waals surface area (Å²) in [5.41, 5.74) is 2.22. The number of benzene rings is 2. The van der Waals surface area contributed by atoms with E-state index < -0.39 is 5.76 Å². The average molecular weight is 370 g/mol. The first-order valence-corrected chi connectivity index (χ1v) is 8.56. The van der Waals surface area contributed by atoms with Crippen LogP contribution in [0.15, 0.2) is 41.3 Å². The summed E-state index contributed by atoms with van der Waals surface area (Å²) in [6.07, 6.45) is 0.979. The maximum atomic E-state index is 12.7. The van der Waals surface area contributed by atoms with E-state index in [0.29, 0.717) is 24.1 Å². The minimum atomic E-state index is -2.61. The third kappa shape index (κ3) is 3.99. The molecule has 3 nitrogen and oxygen atoms in total. The van der Waals surface area contributed by atoms with Gasteiger partial charge in [-0.25, -0.2) is 0 Å². The van der Waals surface area contributed by atoms with Gasteiger partial charge in [-0.3, -0.25) is 4.79 Å². The lowest BCUT2D eigenvalue weighted by atomic mass is 10.1. The number of fused-ring (bicyclic) bond motifs is 1. The van der Waals surface area contributed by atoms with Crippen LogP contribution >= 0.6 is 23.4 Å². The van der Waals surface area contributed by atoms with E-state index in [1.807, 2.05) is 18.2 Å². The number of alkyl halides is 2. The fraction of sp³-hybridized carbons (Fsp3) is 0.235. The molecule has 1 heterocycles. The Hall–Kier alpha value is -1.79. The van der Waals surface area contributed by atoms with Crippen molar-refractivity contribution in [2.45, 2.75) is 23.5 Å². The van der Waals surface area contributed by atoms with E-state index in [0.717, 1.165) is 23.3 Å². The molecule has 0 aromatic heterocycles. The zero-order valence-electron chi connectivity index (χ0n) is 12.5. The maximum Gasteiger partial charge on any atom is 0.289 e. The van der Waals surface area contributed by atoms with Gasteiger partial charge in [-0.15, -0.1) is 0 Å². The maximum absolute atomic E-state index is 12.7. The molecule has 2 aromatic rings. The number of amides is 1. The van der Waals surface area contributed by atoms with Gasteiger partial charge in [0, 0.05) is 6.42 Å². The van der Waals surface area contributed by atoms with Crippen molar-refractivity contribution in [2.75, 3.05) is 11.9 Å².